The summed E-state index contributed by atoms with van der Waals surface area (Å²) in [6, 6.07) is 5.99. The number of carboxylic acid groups (broad SMARTS) is 1. The number of hydrogen-bond donors (Lipinski definition) is 2. The molecule has 0 spiro atoms. The molecule has 1 fully saturated rings. The van der Waals surface area contributed by atoms with Crippen LogP contribution in [0.3, 0.4) is 0 Å². The van der Waals surface area contributed by atoms with E-state index < -0.39 is 5.97 Å². The summed E-state index contributed by atoms with van der Waals surface area (Å²) >= 11 is 0. The lowest BCUT2D eigenvalue weighted by Gasteiger charge is -2.38. The van der Waals surface area contributed by atoms with Crippen LogP contribution in [-0.4, -0.2) is 60.6 Å². The van der Waals surface area contributed by atoms with Gasteiger partial charge in [-0.25, -0.2) is 4.39 Å². The van der Waals surface area contributed by atoms with Gasteiger partial charge >= 0.3 is 5.97 Å². The van der Waals surface area contributed by atoms with Crippen molar-refractivity contribution in [1.29, 1.82) is 0 Å². The molecule has 1 heterocycles. The number of anilines is 1. The Morgan fingerprint density at radius 2 is 1.82 bits per heavy atom. The zero-order valence-electron chi connectivity index (χ0n) is 12.5. The molecule has 1 aromatic carbocycles. The first-order valence-corrected chi connectivity index (χ1v) is 7.21. The van der Waals surface area contributed by atoms with E-state index in [2.05, 4.69) is 10.2 Å². The number of nitrogens with one attached hydrogen (secondary N) is 1. The molecule has 2 N–H and O–H groups in total. The highest BCUT2D eigenvalue weighted by molar-refractivity contribution is 5.84. The van der Waals surface area contributed by atoms with Gasteiger partial charge in [0.05, 0.1) is 6.04 Å². The molecule has 1 amide bonds. The molecule has 1 aliphatic rings. The molecular weight excluding hydrogens is 289 g/mol. The van der Waals surface area contributed by atoms with E-state index in [1.165, 1.54) is 12.1 Å². The Morgan fingerprint density at radius 3 is 2.36 bits per heavy atom. The van der Waals surface area contributed by atoms with Gasteiger partial charge in [0.25, 0.3) is 0 Å². The van der Waals surface area contributed by atoms with Crippen molar-refractivity contribution < 1.29 is 19.1 Å². The zero-order chi connectivity index (χ0) is 16.1. The molecule has 0 radical (unpaired) electrons. The lowest BCUT2D eigenvalue weighted by atomic mass is 10.2. The Bertz CT molecular complexity index is 527. The molecule has 0 unspecified atom stereocenters. The molecule has 1 saturated heterocycles. The number of nitrogens with zero attached hydrogens (tertiary/aromatic N) is 2. The fourth-order valence-electron chi connectivity index (χ4n) is 2.50. The molecule has 0 aliphatic carbocycles. The van der Waals surface area contributed by atoms with Crippen molar-refractivity contribution in [3.63, 3.8) is 0 Å². The molecule has 0 bridgehead atoms. The maximum Gasteiger partial charge on any atom is 0.322 e. The van der Waals surface area contributed by atoms with E-state index in [9.17, 15) is 14.0 Å². The van der Waals surface area contributed by atoms with Crippen LogP contribution in [0, 0.1) is 5.82 Å². The first-order chi connectivity index (χ1) is 10.5. The highest BCUT2D eigenvalue weighted by Gasteiger charge is 2.25. The van der Waals surface area contributed by atoms with Crippen molar-refractivity contribution in [2.45, 2.75) is 13.0 Å². The van der Waals surface area contributed by atoms with Gasteiger partial charge in [0.15, 0.2) is 0 Å². The second kappa shape index (κ2) is 7.22. The van der Waals surface area contributed by atoms with Crippen LogP contribution in [0.25, 0.3) is 0 Å². The molecule has 22 heavy (non-hydrogen) atoms. The van der Waals surface area contributed by atoms with Crippen LogP contribution in [0.15, 0.2) is 24.3 Å². The van der Waals surface area contributed by atoms with Crippen LogP contribution in [0.2, 0.25) is 0 Å². The Hall–Kier alpha value is -2.15. The number of benzene rings is 1. The normalized spacial score (nSPS) is 17.1. The van der Waals surface area contributed by atoms with Gasteiger partial charge in [0.1, 0.15) is 12.4 Å². The third-order valence-corrected chi connectivity index (χ3v) is 3.85. The minimum Gasteiger partial charge on any atom is -0.480 e. The molecule has 2 rings (SSSR count). The lowest BCUT2D eigenvalue weighted by molar-refractivity contribution is -0.138. The van der Waals surface area contributed by atoms with Gasteiger partial charge in [0, 0.05) is 31.9 Å². The Labute approximate surface area is 128 Å². The third-order valence-electron chi connectivity index (χ3n) is 3.85. The number of carboxylic acids is 1. The maximum atomic E-state index is 12.9. The van der Waals surface area contributed by atoms with E-state index in [0.29, 0.717) is 13.1 Å². The van der Waals surface area contributed by atoms with Gasteiger partial charge in [-0.15, -0.1) is 0 Å². The summed E-state index contributed by atoms with van der Waals surface area (Å²) in [5.41, 5.74) is 0.962. The van der Waals surface area contributed by atoms with Crippen molar-refractivity contribution in [3.8, 4) is 0 Å². The van der Waals surface area contributed by atoms with Crippen molar-refractivity contribution in [1.82, 2.24) is 10.2 Å². The Morgan fingerprint density at radius 1 is 1.23 bits per heavy atom. The van der Waals surface area contributed by atoms with Gasteiger partial charge < -0.3 is 15.3 Å². The fraction of sp³-hybridized carbons (Fsp3) is 0.467. The molecule has 1 aromatic rings. The van der Waals surface area contributed by atoms with Crippen LogP contribution in [0.5, 0.6) is 0 Å². The van der Waals surface area contributed by atoms with Gasteiger partial charge in [-0.3, -0.25) is 14.5 Å². The summed E-state index contributed by atoms with van der Waals surface area (Å²) in [4.78, 5) is 26.5. The minimum absolute atomic E-state index is 0.258. The monoisotopic (exact) mass is 309 g/mol. The minimum atomic E-state index is -1.05. The van der Waals surface area contributed by atoms with E-state index in [0.717, 1.165) is 18.8 Å². The fourth-order valence-corrected chi connectivity index (χ4v) is 2.50. The van der Waals surface area contributed by atoms with Gasteiger partial charge in [-0.05, 0) is 31.2 Å². The number of piperazine rings is 1. The highest BCUT2D eigenvalue weighted by Crippen LogP contribution is 2.17. The second-order valence-electron chi connectivity index (χ2n) is 5.29. The zero-order valence-corrected chi connectivity index (χ0v) is 12.5. The van der Waals surface area contributed by atoms with E-state index in [1.807, 2.05) is 4.90 Å². The highest BCUT2D eigenvalue weighted by atomic mass is 19.1. The van der Waals surface area contributed by atoms with Gasteiger partial charge in [-0.1, -0.05) is 0 Å². The average molecular weight is 309 g/mol. The second-order valence-corrected chi connectivity index (χ2v) is 5.29. The number of halogens is 1. The number of rotatable bonds is 5. The number of carbonyl (C=O) groups excluding carboxylic acids is 1. The molecule has 1 aliphatic heterocycles. The van der Waals surface area contributed by atoms with Gasteiger partial charge in [-0.2, -0.15) is 0 Å². The summed E-state index contributed by atoms with van der Waals surface area (Å²) in [6.45, 7) is 4.27. The smallest absolute Gasteiger partial charge is 0.322 e. The number of amides is 1. The first kappa shape index (κ1) is 16.2. The van der Waals surface area contributed by atoms with Crippen molar-refractivity contribution >= 4 is 17.6 Å². The van der Waals surface area contributed by atoms with Gasteiger partial charge in [0.2, 0.25) is 5.91 Å². The topological polar surface area (TPSA) is 72.9 Å². The quantitative estimate of drug-likeness (QED) is 0.830. The van der Waals surface area contributed by atoms with E-state index in [-0.39, 0.29) is 24.3 Å². The molecular formula is C15H20FN3O3. The number of hydrogen-bond acceptors (Lipinski definition) is 4. The Kier molecular flexibility index (Phi) is 5.32. The lowest BCUT2D eigenvalue weighted by Crippen LogP contribution is -2.54. The molecule has 7 heteroatoms. The van der Waals surface area contributed by atoms with Crippen LogP contribution in [0.4, 0.5) is 10.1 Å². The average Bonchev–Trinajstić information content (AvgIpc) is 2.53. The SMILES string of the molecule is C[C@@H](C(=O)NCC(=O)O)N1CCN(c2ccc(F)cc2)CC1. The predicted molar refractivity (Wildman–Crippen MR) is 80.3 cm³/mol. The molecule has 1 atom stereocenters. The summed E-state index contributed by atoms with van der Waals surface area (Å²) in [7, 11) is 0. The van der Waals surface area contributed by atoms with Crippen molar-refractivity contribution in [3.05, 3.63) is 30.1 Å². The molecule has 0 aromatic heterocycles. The van der Waals surface area contributed by atoms with Crippen LogP contribution < -0.4 is 10.2 Å². The molecule has 6 nitrogen and oxygen atoms in total. The summed E-state index contributed by atoms with van der Waals surface area (Å²) in [5.74, 6) is -1.59. The van der Waals surface area contributed by atoms with Crippen LogP contribution >= 0.6 is 0 Å². The standard InChI is InChI=1S/C15H20FN3O3/c1-11(15(22)17-10-14(20)21)18-6-8-19(9-7-18)13-4-2-12(16)3-5-13/h2-5,11H,6-10H2,1H3,(H,17,22)(H,20,21)/t11-/m0/s1. The number of carbonyl (C=O) groups is 2. The Balaban J connectivity index is 1.84. The molecule has 120 valence electrons. The molecule has 0 saturated carbocycles. The van der Waals surface area contributed by atoms with Crippen LogP contribution in [-0.2, 0) is 9.59 Å². The van der Waals surface area contributed by atoms with E-state index in [4.69, 9.17) is 5.11 Å². The maximum absolute atomic E-state index is 12.9. The third kappa shape index (κ3) is 4.17. The summed E-state index contributed by atoms with van der Waals surface area (Å²) in [6.07, 6.45) is 0. The van der Waals surface area contributed by atoms with E-state index in [1.54, 1.807) is 19.1 Å². The number of aliphatic carboxylic acids is 1. The van der Waals surface area contributed by atoms with E-state index >= 15 is 0 Å². The summed E-state index contributed by atoms with van der Waals surface area (Å²) in [5, 5.41) is 11.0. The first-order valence-electron chi connectivity index (χ1n) is 7.21. The predicted octanol–water partition coefficient (Wildman–Crippen LogP) is 0.537. The van der Waals surface area contributed by atoms with Crippen molar-refractivity contribution in [2.75, 3.05) is 37.6 Å². The summed E-state index contributed by atoms with van der Waals surface area (Å²) < 4.78 is 12.9. The van der Waals surface area contributed by atoms with Crippen LogP contribution in [0.1, 0.15) is 6.92 Å². The van der Waals surface area contributed by atoms with Crippen molar-refractivity contribution in [2.24, 2.45) is 0 Å². The largest absolute Gasteiger partial charge is 0.480 e.